The fraction of sp³-hybridized carbons (Fsp3) is 0.389. The molecule has 0 saturated carbocycles. The lowest BCUT2D eigenvalue weighted by Crippen LogP contribution is -2.34. The third-order valence-corrected chi connectivity index (χ3v) is 4.69. The summed E-state index contributed by atoms with van der Waals surface area (Å²) in [6, 6.07) is 5.41. The van der Waals surface area contributed by atoms with Gasteiger partial charge in [-0.15, -0.1) is 0 Å². The maximum Gasteiger partial charge on any atom is 0.326 e. The van der Waals surface area contributed by atoms with Crippen molar-refractivity contribution in [1.29, 1.82) is 0 Å². The van der Waals surface area contributed by atoms with E-state index in [0.29, 0.717) is 20.7 Å². The van der Waals surface area contributed by atoms with E-state index in [-0.39, 0.29) is 25.2 Å². The summed E-state index contributed by atoms with van der Waals surface area (Å²) in [7, 11) is 1.56. The highest BCUT2D eigenvalue weighted by atomic mass is 32.2. The van der Waals surface area contributed by atoms with Crippen molar-refractivity contribution in [3.63, 3.8) is 0 Å². The molecule has 0 spiro atoms. The minimum atomic E-state index is -0.484. The number of carbonyl (C=O) groups is 2. The van der Waals surface area contributed by atoms with E-state index in [2.05, 4.69) is 0 Å². The van der Waals surface area contributed by atoms with Crippen molar-refractivity contribution >= 4 is 46.3 Å². The van der Waals surface area contributed by atoms with Crippen LogP contribution < -0.4 is 9.47 Å². The van der Waals surface area contributed by atoms with Crippen LogP contribution in [0.25, 0.3) is 6.08 Å². The summed E-state index contributed by atoms with van der Waals surface area (Å²) < 4.78 is 16.3. The smallest absolute Gasteiger partial charge is 0.326 e. The van der Waals surface area contributed by atoms with Gasteiger partial charge in [0, 0.05) is 0 Å². The molecule has 1 heterocycles. The van der Waals surface area contributed by atoms with Gasteiger partial charge in [0.1, 0.15) is 10.9 Å². The second-order valence-corrected chi connectivity index (χ2v) is 7.33. The normalized spacial score (nSPS) is 15.7. The number of rotatable bonds is 7. The number of thioether (sulfide) groups is 1. The molecule has 0 radical (unpaired) electrons. The molecule has 0 aromatic heterocycles. The summed E-state index contributed by atoms with van der Waals surface area (Å²) >= 11 is 6.36. The first-order valence-electron chi connectivity index (χ1n) is 8.11. The molecule has 26 heavy (non-hydrogen) atoms. The number of nitrogens with zero attached hydrogens (tertiary/aromatic N) is 1. The third-order valence-electron chi connectivity index (χ3n) is 3.31. The number of thiocarbonyl (C=S) groups is 1. The molecular formula is C18H21NO5S2. The number of amides is 1. The van der Waals surface area contributed by atoms with Gasteiger partial charge in [0.25, 0.3) is 5.91 Å². The molecule has 1 aliphatic rings. The van der Waals surface area contributed by atoms with Gasteiger partial charge in [-0.1, -0.05) is 30.0 Å². The zero-order valence-corrected chi connectivity index (χ0v) is 16.7. The molecule has 8 heteroatoms. The van der Waals surface area contributed by atoms with Crippen molar-refractivity contribution in [1.82, 2.24) is 4.90 Å². The number of ether oxygens (including phenoxy) is 3. The summed E-state index contributed by atoms with van der Waals surface area (Å²) in [6.07, 6.45) is 1.74. The molecule has 0 atom stereocenters. The quantitative estimate of drug-likeness (QED) is 0.399. The lowest BCUT2D eigenvalue weighted by atomic mass is 10.2. The maximum absolute atomic E-state index is 12.5. The summed E-state index contributed by atoms with van der Waals surface area (Å²) in [5.74, 6) is 0.417. The van der Waals surface area contributed by atoms with Crippen LogP contribution in [0.5, 0.6) is 11.5 Å². The van der Waals surface area contributed by atoms with E-state index in [1.165, 1.54) is 4.90 Å². The topological polar surface area (TPSA) is 65.1 Å². The molecule has 2 rings (SSSR count). The highest BCUT2D eigenvalue weighted by Crippen LogP contribution is 2.34. The monoisotopic (exact) mass is 395 g/mol. The Morgan fingerprint density at radius 1 is 1.35 bits per heavy atom. The Balaban J connectivity index is 2.20. The van der Waals surface area contributed by atoms with Crippen molar-refractivity contribution in [2.75, 3.05) is 20.3 Å². The molecule has 1 amide bonds. The lowest BCUT2D eigenvalue weighted by molar-refractivity contribution is -0.145. The van der Waals surface area contributed by atoms with E-state index in [1.807, 2.05) is 19.9 Å². The predicted molar refractivity (Wildman–Crippen MR) is 105 cm³/mol. The van der Waals surface area contributed by atoms with Gasteiger partial charge in [-0.3, -0.25) is 14.5 Å². The van der Waals surface area contributed by atoms with Crippen LogP contribution in [0, 0.1) is 0 Å². The van der Waals surface area contributed by atoms with Gasteiger partial charge >= 0.3 is 5.97 Å². The van der Waals surface area contributed by atoms with Gasteiger partial charge in [-0.25, -0.2) is 0 Å². The minimum Gasteiger partial charge on any atom is -0.493 e. The average molecular weight is 396 g/mol. The number of esters is 1. The SMILES string of the molecule is CCOC(=O)CN1C(=O)C(=Cc2ccc(OC(C)C)c(OC)c2)SC1=S. The third kappa shape index (κ3) is 4.98. The molecule has 6 nitrogen and oxygen atoms in total. The second kappa shape index (κ2) is 9.05. The number of hydrogen-bond acceptors (Lipinski definition) is 7. The molecule has 0 aliphatic carbocycles. The van der Waals surface area contributed by atoms with E-state index in [1.54, 1.807) is 32.2 Å². The summed E-state index contributed by atoms with van der Waals surface area (Å²) in [4.78, 5) is 25.8. The van der Waals surface area contributed by atoms with Gasteiger partial charge in [-0.2, -0.15) is 0 Å². The molecule has 1 aromatic rings. The summed E-state index contributed by atoms with van der Waals surface area (Å²) in [6.45, 7) is 5.65. The first-order valence-corrected chi connectivity index (χ1v) is 9.33. The van der Waals surface area contributed by atoms with Gasteiger partial charge in [0.2, 0.25) is 0 Å². The first kappa shape index (κ1) is 20.3. The van der Waals surface area contributed by atoms with E-state index >= 15 is 0 Å². The fourth-order valence-electron chi connectivity index (χ4n) is 2.25. The average Bonchev–Trinajstić information content (AvgIpc) is 2.83. The van der Waals surface area contributed by atoms with Crippen LogP contribution in [0.1, 0.15) is 26.3 Å². The molecule has 0 bridgehead atoms. The zero-order chi connectivity index (χ0) is 19.3. The maximum atomic E-state index is 12.5. The van der Waals surface area contributed by atoms with E-state index in [9.17, 15) is 9.59 Å². The van der Waals surface area contributed by atoms with Crippen LogP contribution >= 0.6 is 24.0 Å². The van der Waals surface area contributed by atoms with Crippen LogP contribution in [0.15, 0.2) is 23.1 Å². The lowest BCUT2D eigenvalue weighted by Gasteiger charge is -2.14. The Morgan fingerprint density at radius 3 is 2.69 bits per heavy atom. The van der Waals surface area contributed by atoms with Crippen molar-refractivity contribution in [3.05, 3.63) is 28.7 Å². The van der Waals surface area contributed by atoms with Crippen molar-refractivity contribution in [2.45, 2.75) is 26.9 Å². The fourth-order valence-corrected chi connectivity index (χ4v) is 3.50. The molecular weight excluding hydrogens is 374 g/mol. The van der Waals surface area contributed by atoms with Crippen LogP contribution in [-0.4, -0.2) is 47.5 Å². The Morgan fingerprint density at radius 2 is 2.08 bits per heavy atom. The minimum absolute atomic E-state index is 0.0221. The molecule has 1 saturated heterocycles. The molecule has 140 valence electrons. The molecule has 0 unspecified atom stereocenters. The largest absolute Gasteiger partial charge is 0.493 e. The van der Waals surface area contributed by atoms with Crippen LogP contribution in [-0.2, 0) is 14.3 Å². The van der Waals surface area contributed by atoms with Gasteiger partial charge in [0.05, 0.1) is 24.7 Å². The highest BCUT2D eigenvalue weighted by Gasteiger charge is 2.33. The zero-order valence-electron chi connectivity index (χ0n) is 15.1. The summed E-state index contributed by atoms with van der Waals surface area (Å²) in [5, 5.41) is 0. The van der Waals surface area contributed by atoms with Crippen LogP contribution in [0.3, 0.4) is 0 Å². The van der Waals surface area contributed by atoms with Gasteiger partial charge in [0.15, 0.2) is 11.5 Å². The Bertz CT molecular complexity index is 745. The van der Waals surface area contributed by atoms with Gasteiger partial charge in [-0.05, 0) is 44.5 Å². The first-order chi connectivity index (χ1) is 12.3. The number of hydrogen-bond donors (Lipinski definition) is 0. The Kier molecular flexibility index (Phi) is 7.05. The highest BCUT2D eigenvalue weighted by molar-refractivity contribution is 8.26. The summed E-state index contributed by atoms with van der Waals surface area (Å²) in [5.41, 5.74) is 0.773. The van der Waals surface area contributed by atoms with E-state index in [0.717, 1.165) is 17.3 Å². The number of carbonyl (C=O) groups excluding carboxylic acids is 2. The second-order valence-electron chi connectivity index (χ2n) is 5.65. The van der Waals surface area contributed by atoms with Crippen molar-refractivity contribution in [2.24, 2.45) is 0 Å². The van der Waals surface area contributed by atoms with Gasteiger partial charge < -0.3 is 14.2 Å². The van der Waals surface area contributed by atoms with Crippen LogP contribution in [0.4, 0.5) is 0 Å². The predicted octanol–water partition coefficient (Wildman–Crippen LogP) is 3.25. The van der Waals surface area contributed by atoms with E-state index in [4.69, 9.17) is 26.4 Å². The molecule has 1 aliphatic heterocycles. The van der Waals surface area contributed by atoms with Crippen molar-refractivity contribution < 1.29 is 23.8 Å². The Labute approximate surface area is 162 Å². The number of benzene rings is 1. The number of methoxy groups -OCH3 is 1. The molecule has 1 aromatic carbocycles. The van der Waals surface area contributed by atoms with Crippen molar-refractivity contribution in [3.8, 4) is 11.5 Å². The molecule has 0 N–H and O–H groups in total. The van der Waals surface area contributed by atoms with E-state index < -0.39 is 5.97 Å². The standard InChI is InChI=1S/C18H21NO5S2/c1-5-23-16(20)10-19-17(21)15(26-18(19)25)9-12-6-7-13(24-11(2)3)14(8-12)22-4/h6-9,11H,5,10H2,1-4H3. The Hall–Kier alpha value is -2.06. The van der Waals surface area contributed by atoms with Crippen LogP contribution in [0.2, 0.25) is 0 Å². The molecule has 1 fully saturated rings.